The molecule has 1 aromatic heterocycles. The van der Waals surface area contributed by atoms with E-state index in [9.17, 15) is 13.6 Å². The van der Waals surface area contributed by atoms with Crippen molar-refractivity contribution < 1.29 is 18.7 Å². The lowest BCUT2D eigenvalue weighted by molar-refractivity contribution is 0.0696. The smallest absolute Gasteiger partial charge is 0.335 e. The molecule has 0 aliphatic carbocycles. The predicted molar refractivity (Wildman–Crippen MR) is 76.8 cm³/mol. The van der Waals surface area contributed by atoms with Gasteiger partial charge in [0.2, 0.25) is 0 Å². The van der Waals surface area contributed by atoms with Crippen LogP contribution < -0.4 is 5.32 Å². The molecule has 7 heteroatoms. The van der Waals surface area contributed by atoms with Gasteiger partial charge in [0, 0.05) is 11.1 Å². The van der Waals surface area contributed by atoms with Gasteiger partial charge in [0.1, 0.15) is 22.3 Å². The Morgan fingerprint density at radius 3 is 2.52 bits per heavy atom. The first-order chi connectivity index (χ1) is 9.92. The molecule has 0 aliphatic heterocycles. The summed E-state index contributed by atoms with van der Waals surface area (Å²) in [4.78, 5) is 16.0. The average molecular weight is 312 g/mol. The minimum absolute atomic E-state index is 0.347. The normalized spacial score (nSPS) is 12.2. The fraction of sp³-hybridized carbons (Fsp3) is 0.286. The summed E-state index contributed by atoms with van der Waals surface area (Å²) in [6.45, 7) is 3.74. The number of thiazole rings is 1. The standard InChI is InChI=1S/C14H14F2N2O2S/c1-3-9-6-17-13(21-9)7(2)18-12-10(15)4-8(14(19)20)5-11(12)16/h4-7,18H,3H2,1-2H3,(H,19,20). The van der Waals surface area contributed by atoms with Gasteiger partial charge in [-0.15, -0.1) is 11.3 Å². The van der Waals surface area contributed by atoms with Crippen LogP contribution in [0.5, 0.6) is 0 Å². The summed E-state index contributed by atoms with van der Waals surface area (Å²) in [5.41, 5.74) is -0.772. The minimum atomic E-state index is -1.38. The summed E-state index contributed by atoms with van der Waals surface area (Å²) >= 11 is 1.47. The van der Waals surface area contributed by atoms with Crippen LogP contribution >= 0.6 is 11.3 Å². The average Bonchev–Trinajstić information content (AvgIpc) is 2.91. The molecule has 0 spiro atoms. The summed E-state index contributed by atoms with van der Waals surface area (Å²) in [6.07, 6.45) is 2.58. The molecule has 0 saturated carbocycles. The molecular formula is C14H14F2N2O2S. The lowest BCUT2D eigenvalue weighted by Gasteiger charge is -2.14. The number of hydrogen-bond acceptors (Lipinski definition) is 4. The fourth-order valence-electron chi connectivity index (χ4n) is 1.80. The van der Waals surface area contributed by atoms with Gasteiger partial charge in [-0.25, -0.2) is 18.6 Å². The number of hydrogen-bond donors (Lipinski definition) is 2. The van der Waals surface area contributed by atoms with Crippen molar-refractivity contribution in [3.05, 3.63) is 45.4 Å². The van der Waals surface area contributed by atoms with E-state index in [0.717, 1.165) is 23.4 Å². The van der Waals surface area contributed by atoms with Crippen molar-refractivity contribution in [2.24, 2.45) is 0 Å². The topological polar surface area (TPSA) is 62.2 Å². The van der Waals surface area contributed by atoms with Crippen molar-refractivity contribution in [1.82, 2.24) is 4.98 Å². The number of nitrogens with one attached hydrogen (secondary N) is 1. The number of anilines is 1. The number of halogens is 2. The van der Waals surface area contributed by atoms with Crippen LogP contribution in [0.1, 0.15) is 40.1 Å². The number of nitrogens with zero attached hydrogens (tertiary/aromatic N) is 1. The second-order valence-corrected chi connectivity index (χ2v) is 5.65. The van der Waals surface area contributed by atoms with E-state index >= 15 is 0 Å². The second kappa shape index (κ2) is 6.17. The quantitative estimate of drug-likeness (QED) is 0.880. The molecule has 21 heavy (non-hydrogen) atoms. The van der Waals surface area contributed by atoms with Crippen molar-refractivity contribution in [2.45, 2.75) is 26.3 Å². The molecule has 1 unspecified atom stereocenters. The molecule has 2 aromatic rings. The highest BCUT2D eigenvalue weighted by Gasteiger charge is 2.18. The van der Waals surface area contributed by atoms with Crippen LogP contribution in [0.2, 0.25) is 0 Å². The maximum absolute atomic E-state index is 13.8. The molecule has 0 radical (unpaired) electrons. The molecule has 4 nitrogen and oxygen atoms in total. The third-order valence-corrected chi connectivity index (χ3v) is 4.26. The number of aromatic carboxylic acids is 1. The lowest BCUT2D eigenvalue weighted by Crippen LogP contribution is -2.10. The molecule has 2 rings (SSSR count). The van der Waals surface area contributed by atoms with E-state index in [1.54, 1.807) is 13.1 Å². The minimum Gasteiger partial charge on any atom is -0.478 e. The van der Waals surface area contributed by atoms with Gasteiger partial charge < -0.3 is 10.4 Å². The van der Waals surface area contributed by atoms with E-state index < -0.39 is 23.2 Å². The highest BCUT2D eigenvalue weighted by Crippen LogP contribution is 2.28. The van der Waals surface area contributed by atoms with Gasteiger partial charge in [-0.05, 0) is 25.5 Å². The van der Waals surface area contributed by atoms with E-state index in [1.165, 1.54) is 11.3 Å². The number of benzene rings is 1. The first-order valence-electron chi connectivity index (χ1n) is 6.35. The largest absolute Gasteiger partial charge is 0.478 e. The molecule has 0 saturated heterocycles. The Bertz CT molecular complexity index is 650. The van der Waals surface area contributed by atoms with Gasteiger partial charge in [0.25, 0.3) is 0 Å². The Morgan fingerprint density at radius 2 is 2.05 bits per heavy atom. The summed E-state index contributed by atoms with van der Waals surface area (Å²) in [7, 11) is 0. The third-order valence-electron chi connectivity index (χ3n) is 2.94. The predicted octanol–water partition coefficient (Wildman–Crippen LogP) is 3.86. The number of carboxylic acid groups (broad SMARTS) is 1. The van der Waals surface area contributed by atoms with Crippen LogP contribution in [-0.2, 0) is 6.42 Å². The maximum atomic E-state index is 13.8. The molecule has 1 aromatic carbocycles. The number of carboxylic acids is 1. The highest BCUT2D eigenvalue weighted by molar-refractivity contribution is 7.11. The van der Waals surface area contributed by atoms with Gasteiger partial charge in [-0.2, -0.15) is 0 Å². The van der Waals surface area contributed by atoms with Crippen LogP contribution in [0.15, 0.2) is 18.3 Å². The van der Waals surface area contributed by atoms with Crippen LogP contribution in [0.25, 0.3) is 0 Å². The SMILES string of the molecule is CCc1cnc(C(C)Nc2c(F)cc(C(=O)O)cc2F)s1. The summed E-state index contributed by atoms with van der Waals surface area (Å²) in [6, 6.07) is 1.20. The summed E-state index contributed by atoms with van der Waals surface area (Å²) in [5.74, 6) is -3.25. The number of aromatic nitrogens is 1. The first-order valence-corrected chi connectivity index (χ1v) is 7.17. The molecular weight excluding hydrogens is 298 g/mol. The lowest BCUT2D eigenvalue weighted by atomic mass is 10.1. The molecule has 0 fully saturated rings. The van der Waals surface area contributed by atoms with Crippen molar-refractivity contribution in [2.75, 3.05) is 5.32 Å². The van der Waals surface area contributed by atoms with Crippen LogP contribution in [-0.4, -0.2) is 16.1 Å². The van der Waals surface area contributed by atoms with Gasteiger partial charge in [-0.1, -0.05) is 6.92 Å². The Balaban J connectivity index is 2.24. The van der Waals surface area contributed by atoms with Crippen LogP contribution in [0.4, 0.5) is 14.5 Å². The Morgan fingerprint density at radius 1 is 1.43 bits per heavy atom. The zero-order valence-electron chi connectivity index (χ0n) is 11.5. The molecule has 0 bridgehead atoms. The molecule has 0 amide bonds. The van der Waals surface area contributed by atoms with Gasteiger partial charge in [-0.3, -0.25) is 0 Å². The number of aryl methyl sites for hydroxylation is 1. The maximum Gasteiger partial charge on any atom is 0.335 e. The first kappa shape index (κ1) is 15.4. The summed E-state index contributed by atoms with van der Waals surface area (Å²) < 4.78 is 27.7. The zero-order chi connectivity index (χ0) is 15.6. The van der Waals surface area contributed by atoms with Gasteiger partial charge >= 0.3 is 5.97 Å². The van der Waals surface area contributed by atoms with Crippen molar-refractivity contribution in [3.8, 4) is 0 Å². The summed E-state index contributed by atoms with van der Waals surface area (Å²) in [5, 5.41) is 12.2. The molecule has 2 N–H and O–H groups in total. The van der Waals surface area contributed by atoms with Gasteiger partial charge in [0.15, 0.2) is 0 Å². The Labute approximate surface area is 124 Å². The van der Waals surface area contributed by atoms with E-state index in [1.807, 2.05) is 6.92 Å². The van der Waals surface area contributed by atoms with Gasteiger partial charge in [0.05, 0.1) is 11.6 Å². The molecule has 0 aliphatic rings. The monoisotopic (exact) mass is 312 g/mol. The van der Waals surface area contributed by atoms with Crippen molar-refractivity contribution >= 4 is 23.0 Å². The zero-order valence-corrected chi connectivity index (χ0v) is 12.3. The molecule has 1 heterocycles. The van der Waals surface area contributed by atoms with Crippen molar-refractivity contribution in [1.29, 1.82) is 0 Å². The van der Waals surface area contributed by atoms with Crippen molar-refractivity contribution in [3.63, 3.8) is 0 Å². The fourth-order valence-corrected chi connectivity index (χ4v) is 2.66. The number of rotatable bonds is 5. The molecule has 1 atom stereocenters. The van der Waals surface area contributed by atoms with E-state index in [2.05, 4.69) is 10.3 Å². The third kappa shape index (κ3) is 3.36. The Hall–Kier alpha value is -2.02. The Kier molecular flexibility index (Phi) is 4.52. The highest BCUT2D eigenvalue weighted by atomic mass is 32.1. The van der Waals surface area contributed by atoms with E-state index in [-0.39, 0.29) is 11.7 Å². The second-order valence-electron chi connectivity index (χ2n) is 4.50. The number of carbonyl (C=O) groups is 1. The molecule has 112 valence electrons. The van der Waals surface area contributed by atoms with E-state index in [4.69, 9.17) is 5.11 Å². The van der Waals surface area contributed by atoms with Crippen LogP contribution in [0.3, 0.4) is 0 Å². The van der Waals surface area contributed by atoms with Crippen LogP contribution in [0, 0.1) is 11.6 Å². The van der Waals surface area contributed by atoms with E-state index in [0.29, 0.717) is 5.01 Å².